The topological polar surface area (TPSA) is 104 Å². The summed E-state index contributed by atoms with van der Waals surface area (Å²) in [7, 11) is -3.66. The molecule has 7 nitrogen and oxygen atoms in total. The summed E-state index contributed by atoms with van der Waals surface area (Å²) in [5, 5.41) is 8.53. The van der Waals surface area contributed by atoms with Crippen molar-refractivity contribution in [3.63, 3.8) is 0 Å². The van der Waals surface area contributed by atoms with Crippen LogP contribution in [0, 0.1) is 5.92 Å². The highest BCUT2D eigenvalue weighted by molar-refractivity contribution is 7.89. The molecule has 0 spiro atoms. The van der Waals surface area contributed by atoms with Crippen LogP contribution in [0.4, 0.5) is 0 Å². The van der Waals surface area contributed by atoms with Crippen molar-refractivity contribution in [1.29, 1.82) is 0 Å². The predicted molar refractivity (Wildman–Crippen MR) is 61.6 cm³/mol. The highest BCUT2D eigenvalue weighted by Crippen LogP contribution is 2.03. The summed E-state index contributed by atoms with van der Waals surface area (Å²) in [6, 6.07) is 0. The van der Waals surface area contributed by atoms with Crippen molar-refractivity contribution >= 4 is 15.9 Å². The highest BCUT2D eigenvalue weighted by Gasteiger charge is 2.16. The molecule has 17 heavy (non-hydrogen) atoms. The van der Waals surface area contributed by atoms with Crippen LogP contribution in [0.5, 0.6) is 0 Å². The lowest BCUT2D eigenvalue weighted by molar-refractivity contribution is -0.120. The third kappa shape index (κ3) is 4.53. The Balaban J connectivity index is 2.43. The van der Waals surface area contributed by atoms with Gasteiger partial charge in [-0.25, -0.2) is 13.1 Å². The number of hydrogen-bond acceptors (Lipinski definition) is 4. The number of H-pyrrole nitrogens is 1. The van der Waals surface area contributed by atoms with Gasteiger partial charge in [0, 0.05) is 12.7 Å². The zero-order chi connectivity index (χ0) is 12.9. The van der Waals surface area contributed by atoms with E-state index in [1.54, 1.807) is 0 Å². The number of nitrogens with one attached hydrogen (secondary N) is 3. The maximum Gasteiger partial charge on any atom is 0.244 e. The van der Waals surface area contributed by atoms with Gasteiger partial charge in [-0.05, 0) is 5.92 Å². The molecule has 0 aliphatic carbocycles. The van der Waals surface area contributed by atoms with Crippen molar-refractivity contribution in [3.05, 3.63) is 12.4 Å². The summed E-state index contributed by atoms with van der Waals surface area (Å²) >= 11 is 0. The molecule has 0 aliphatic heterocycles. The molecule has 0 aromatic carbocycles. The minimum Gasteiger partial charge on any atom is -0.355 e. The molecule has 8 heteroatoms. The van der Waals surface area contributed by atoms with Crippen molar-refractivity contribution in [2.75, 3.05) is 13.1 Å². The van der Waals surface area contributed by atoms with Crippen molar-refractivity contribution in [2.45, 2.75) is 18.7 Å². The van der Waals surface area contributed by atoms with E-state index >= 15 is 0 Å². The predicted octanol–water partition coefficient (Wildman–Crippen LogP) is -0.540. The molecule has 0 atom stereocenters. The molecular formula is C9H16N4O3S. The number of carbonyl (C=O) groups is 1. The molecule has 0 saturated carbocycles. The molecule has 0 saturated heterocycles. The van der Waals surface area contributed by atoms with Crippen LogP contribution in [0.1, 0.15) is 13.8 Å². The monoisotopic (exact) mass is 260 g/mol. The van der Waals surface area contributed by atoms with Crippen LogP contribution in [-0.4, -0.2) is 37.6 Å². The summed E-state index contributed by atoms with van der Waals surface area (Å²) in [5.74, 6) is -0.0322. The minimum absolute atomic E-state index is 0.00848. The molecule has 1 aromatic rings. The van der Waals surface area contributed by atoms with E-state index in [0.717, 1.165) is 0 Å². The zero-order valence-electron chi connectivity index (χ0n) is 9.73. The minimum atomic E-state index is -3.66. The molecule has 1 rings (SSSR count). The average Bonchev–Trinajstić information content (AvgIpc) is 2.77. The standard InChI is InChI=1S/C9H16N4O3S/c1-7(2)3-10-9(14)6-13-17(15,16)8-4-11-12-5-8/h4-5,7,13H,3,6H2,1-2H3,(H,10,14)(H,11,12). The van der Waals surface area contributed by atoms with E-state index in [2.05, 4.69) is 20.2 Å². The fourth-order valence-electron chi connectivity index (χ4n) is 1.01. The van der Waals surface area contributed by atoms with Crippen LogP contribution in [0.25, 0.3) is 0 Å². The summed E-state index contributed by atoms with van der Waals surface area (Å²) < 4.78 is 25.4. The van der Waals surface area contributed by atoms with Crippen molar-refractivity contribution < 1.29 is 13.2 Å². The number of carbonyl (C=O) groups excluding carboxylic acids is 1. The first kappa shape index (κ1) is 13.7. The quantitative estimate of drug-likeness (QED) is 0.639. The lowest BCUT2D eigenvalue weighted by atomic mass is 10.2. The normalized spacial score (nSPS) is 11.7. The fraction of sp³-hybridized carbons (Fsp3) is 0.556. The first-order valence-corrected chi connectivity index (χ1v) is 6.65. The Morgan fingerprint density at radius 3 is 2.76 bits per heavy atom. The number of aromatic amines is 1. The molecule has 0 unspecified atom stereocenters. The van der Waals surface area contributed by atoms with Crippen molar-refractivity contribution in [2.24, 2.45) is 5.92 Å². The third-order valence-corrected chi connectivity index (χ3v) is 3.28. The Kier molecular flexibility index (Phi) is 4.64. The largest absolute Gasteiger partial charge is 0.355 e. The maximum absolute atomic E-state index is 11.6. The molecule has 0 aliphatic rings. The Bertz CT molecular complexity index is 453. The molecule has 1 amide bonds. The van der Waals surface area contributed by atoms with Gasteiger partial charge in [-0.15, -0.1) is 0 Å². The van der Waals surface area contributed by atoms with E-state index < -0.39 is 10.0 Å². The third-order valence-electron chi connectivity index (χ3n) is 1.91. The summed E-state index contributed by atoms with van der Waals surface area (Å²) in [6.45, 7) is 4.15. The summed E-state index contributed by atoms with van der Waals surface area (Å²) in [4.78, 5) is 11.3. The Morgan fingerprint density at radius 2 is 2.24 bits per heavy atom. The maximum atomic E-state index is 11.6. The molecule has 1 heterocycles. The lowest BCUT2D eigenvalue weighted by Crippen LogP contribution is -2.38. The van der Waals surface area contributed by atoms with Crippen LogP contribution >= 0.6 is 0 Å². The first-order valence-electron chi connectivity index (χ1n) is 5.17. The molecule has 1 aromatic heterocycles. The summed E-state index contributed by atoms with van der Waals surface area (Å²) in [6.07, 6.45) is 2.42. The van der Waals surface area contributed by atoms with Crippen LogP contribution in [0.15, 0.2) is 17.3 Å². The van der Waals surface area contributed by atoms with E-state index in [-0.39, 0.29) is 17.3 Å². The second-order valence-corrected chi connectivity index (χ2v) is 5.72. The highest BCUT2D eigenvalue weighted by atomic mass is 32.2. The van der Waals surface area contributed by atoms with Gasteiger partial charge in [-0.2, -0.15) is 5.10 Å². The van der Waals surface area contributed by atoms with Gasteiger partial charge >= 0.3 is 0 Å². The van der Waals surface area contributed by atoms with E-state index in [4.69, 9.17) is 0 Å². The lowest BCUT2D eigenvalue weighted by Gasteiger charge is -2.08. The zero-order valence-corrected chi connectivity index (χ0v) is 10.5. The van der Waals surface area contributed by atoms with Gasteiger partial charge in [0.1, 0.15) is 4.90 Å². The Hall–Kier alpha value is -1.41. The SMILES string of the molecule is CC(C)CNC(=O)CNS(=O)(=O)c1cn[nH]c1. The van der Waals surface area contributed by atoms with E-state index in [0.29, 0.717) is 12.5 Å². The van der Waals surface area contributed by atoms with Gasteiger partial charge in [0.25, 0.3) is 0 Å². The number of hydrogen-bond donors (Lipinski definition) is 3. The van der Waals surface area contributed by atoms with E-state index in [9.17, 15) is 13.2 Å². The van der Waals surface area contributed by atoms with Crippen LogP contribution in [0.2, 0.25) is 0 Å². The van der Waals surface area contributed by atoms with Crippen LogP contribution < -0.4 is 10.0 Å². The Labute approximate surface area is 100 Å². The van der Waals surface area contributed by atoms with Gasteiger partial charge < -0.3 is 5.32 Å². The van der Waals surface area contributed by atoms with Gasteiger partial charge in [0.15, 0.2) is 0 Å². The van der Waals surface area contributed by atoms with Crippen LogP contribution in [-0.2, 0) is 14.8 Å². The van der Waals surface area contributed by atoms with E-state index in [1.807, 2.05) is 13.8 Å². The smallest absolute Gasteiger partial charge is 0.244 e. The number of amides is 1. The average molecular weight is 260 g/mol. The van der Waals surface area contributed by atoms with Crippen molar-refractivity contribution in [3.8, 4) is 0 Å². The molecule has 0 bridgehead atoms. The van der Waals surface area contributed by atoms with Crippen molar-refractivity contribution in [1.82, 2.24) is 20.2 Å². The van der Waals surface area contributed by atoms with E-state index in [1.165, 1.54) is 12.4 Å². The fourth-order valence-corrected chi connectivity index (χ4v) is 1.90. The number of rotatable bonds is 6. The second-order valence-electron chi connectivity index (χ2n) is 3.96. The second kappa shape index (κ2) is 5.78. The number of nitrogens with zero attached hydrogens (tertiary/aromatic N) is 1. The first-order chi connectivity index (χ1) is 7.92. The van der Waals surface area contributed by atoms with Gasteiger partial charge in [0.05, 0.1) is 12.7 Å². The Morgan fingerprint density at radius 1 is 1.53 bits per heavy atom. The van der Waals surface area contributed by atoms with Crippen LogP contribution in [0.3, 0.4) is 0 Å². The molecule has 0 fully saturated rings. The van der Waals surface area contributed by atoms with Gasteiger partial charge in [0.2, 0.25) is 15.9 Å². The van der Waals surface area contributed by atoms with Gasteiger partial charge in [-0.1, -0.05) is 13.8 Å². The molecule has 0 radical (unpaired) electrons. The number of aromatic nitrogens is 2. The van der Waals surface area contributed by atoms with Gasteiger partial charge in [-0.3, -0.25) is 9.89 Å². The molecule has 96 valence electrons. The summed E-state index contributed by atoms with van der Waals surface area (Å²) in [5.41, 5.74) is 0. The molecule has 3 N–H and O–H groups in total. The molecular weight excluding hydrogens is 244 g/mol. The number of sulfonamides is 1.